The number of aryl methyl sites for hydroxylation is 1. The summed E-state index contributed by atoms with van der Waals surface area (Å²) in [6, 6.07) is 4.17. The molecule has 4 heteroatoms. The fraction of sp³-hybridized carbons (Fsp3) is 0.308. The Morgan fingerprint density at radius 2 is 2.35 bits per heavy atom. The molecule has 0 aromatic carbocycles. The van der Waals surface area contributed by atoms with Crippen LogP contribution in [0.2, 0.25) is 0 Å². The molecule has 0 amide bonds. The van der Waals surface area contributed by atoms with Gasteiger partial charge >= 0.3 is 0 Å². The van der Waals surface area contributed by atoms with E-state index in [1.807, 2.05) is 18.5 Å². The number of aromatic amines is 1. The molecule has 3 nitrogen and oxygen atoms in total. The third kappa shape index (κ3) is 1.89. The van der Waals surface area contributed by atoms with Gasteiger partial charge in [0.05, 0.1) is 12.0 Å². The molecule has 0 fully saturated rings. The standard InChI is InChI=1S/C13H13N3S/c17-13-11(7-14-8-16-13)10-5-1-3-9-4-2-6-15-12(9)10/h2,4,6-8,10H,1,3,5H2,(H,14,16,17). The molecule has 0 saturated heterocycles. The van der Waals surface area contributed by atoms with Gasteiger partial charge in [0, 0.05) is 23.9 Å². The van der Waals surface area contributed by atoms with E-state index in [1.54, 1.807) is 6.33 Å². The van der Waals surface area contributed by atoms with Crippen LogP contribution in [0, 0.1) is 4.64 Å². The van der Waals surface area contributed by atoms with Gasteiger partial charge in [0.25, 0.3) is 0 Å². The molecule has 0 bridgehead atoms. The van der Waals surface area contributed by atoms with Gasteiger partial charge in [-0.2, -0.15) is 0 Å². The summed E-state index contributed by atoms with van der Waals surface area (Å²) in [5.74, 6) is 0.303. The molecular formula is C13H13N3S. The van der Waals surface area contributed by atoms with Crippen LogP contribution < -0.4 is 0 Å². The summed E-state index contributed by atoms with van der Waals surface area (Å²) in [5, 5.41) is 0. The predicted molar refractivity (Wildman–Crippen MR) is 68.4 cm³/mol. The summed E-state index contributed by atoms with van der Waals surface area (Å²) >= 11 is 5.34. The van der Waals surface area contributed by atoms with Crippen molar-refractivity contribution < 1.29 is 0 Å². The van der Waals surface area contributed by atoms with E-state index in [-0.39, 0.29) is 0 Å². The highest BCUT2D eigenvalue weighted by atomic mass is 32.1. The Balaban J connectivity index is 2.13. The first-order valence-electron chi connectivity index (χ1n) is 5.82. The van der Waals surface area contributed by atoms with Crippen molar-refractivity contribution in [3.8, 4) is 0 Å². The normalized spacial score (nSPS) is 18.7. The highest BCUT2D eigenvalue weighted by molar-refractivity contribution is 7.71. The first kappa shape index (κ1) is 10.6. The summed E-state index contributed by atoms with van der Waals surface area (Å²) in [6.07, 6.45) is 8.78. The summed E-state index contributed by atoms with van der Waals surface area (Å²) in [7, 11) is 0. The van der Waals surface area contributed by atoms with Gasteiger partial charge in [-0.3, -0.25) is 4.98 Å². The lowest BCUT2D eigenvalue weighted by molar-refractivity contribution is 0.594. The molecule has 0 aliphatic heterocycles. The number of hydrogen-bond donors (Lipinski definition) is 1. The zero-order valence-electron chi connectivity index (χ0n) is 9.39. The SMILES string of the molecule is S=c1[nH]cncc1C1CCCc2cccnc21. The van der Waals surface area contributed by atoms with Gasteiger partial charge in [-0.15, -0.1) is 0 Å². The molecule has 1 aliphatic rings. The minimum absolute atomic E-state index is 0.303. The smallest absolute Gasteiger partial charge is 0.109 e. The van der Waals surface area contributed by atoms with E-state index in [0.717, 1.165) is 23.0 Å². The number of hydrogen-bond acceptors (Lipinski definition) is 3. The summed E-state index contributed by atoms with van der Waals surface area (Å²) < 4.78 is 0.781. The molecule has 1 N–H and O–H groups in total. The molecular weight excluding hydrogens is 230 g/mol. The Kier molecular flexibility index (Phi) is 2.73. The van der Waals surface area contributed by atoms with Crippen LogP contribution in [0.25, 0.3) is 0 Å². The second-order valence-corrected chi connectivity index (χ2v) is 4.74. The van der Waals surface area contributed by atoms with Crippen LogP contribution in [0.3, 0.4) is 0 Å². The van der Waals surface area contributed by atoms with Crippen molar-refractivity contribution in [3.05, 3.63) is 52.3 Å². The van der Waals surface area contributed by atoms with Crippen molar-refractivity contribution in [2.45, 2.75) is 25.2 Å². The topological polar surface area (TPSA) is 41.6 Å². The molecule has 1 atom stereocenters. The first-order chi connectivity index (χ1) is 8.36. The minimum atomic E-state index is 0.303. The van der Waals surface area contributed by atoms with E-state index in [9.17, 15) is 0 Å². The van der Waals surface area contributed by atoms with Crippen LogP contribution in [0.15, 0.2) is 30.9 Å². The molecule has 1 unspecified atom stereocenters. The molecule has 2 aromatic rings. The largest absolute Gasteiger partial charge is 0.337 e. The molecule has 2 aromatic heterocycles. The molecule has 86 valence electrons. The average molecular weight is 243 g/mol. The molecule has 0 saturated carbocycles. The van der Waals surface area contributed by atoms with Gasteiger partial charge in [-0.1, -0.05) is 18.3 Å². The van der Waals surface area contributed by atoms with Crippen molar-refractivity contribution in [2.24, 2.45) is 0 Å². The summed E-state index contributed by atoms with van der Waals surface area (Å²) in [4.78, 5) is 11.7. The van der Waals surface area contributed by atoms with Gasteiger partial charge in [-0.25, -0.2) is 4.98 Å². The lowest BCUT2D eigenvalue weighted by Crippen LogP contribution is -2.13. The van der Waals surface area contributed by atoms with Crippen LogP contribution in [0.5, 0.6) is 0 Å². The Hall–Kier alpha value is -1.55. The number of nitrogens with one attached hydrogen (secondary N) is 1. The highest BCUT2D eigenvalue weighted by Gasteiger charge is 2.23. The van der Waals surface area contributed by atoms with Crippen molar-refractivity contribution >= 4 is 12.2 Å². The Bertz CT molecular complexity index is 591. The van der Waals surface area contributed by atoms with E-state index in [4.69, 9.17) is 12.2 Å². The van der Waals surface area contributed by atoms with Crippen LogP contribution in [0.4, 0.5) is 0 Å². The second kappa shape index (κ2) is 4.37. The van der Waals surface area contributed by atoms with E-state index < -0.39 is 0 Å². The van der Waals surface area contributed by atoms with E-state index in [2.05, 4.69) is 21.0 Å². The zero-order chi connectivity index (χ0) is 11.7. The third-order valence-corrected chi connectivity index (χ3v) is 3.67. The number of aromatic nitrogens is 3. The molecule has 1 aliphatic carbocycles. The monoisotopic (exact) mass is 243 g/mol. The minimum Gasteiger partial charge on any atom is -0.337 e. The third-order valence-electron chi connectivity index (χ3n) is 3.32. The lowest BCUT2D eigenvalue weighted by Gasteiger charge is -2.24. The quantitative estimate of drug-likeness (QED) is 0.783. The second-order valence-electron chi connectivity index (χ2n) is 4.33. The van der Waals surface area contributed by atoms with Gasteiger partial charge in [0.2, 0.25) is 0 Å². The number of nitrogens with zero attached hydrogens (tertiary/aromatic N) is 2. The Morgan fingerprint density at radius 3 is 3.24 bits per heavy atom. The molecule has 0 spiro atoms. The highest BCUT2D eigenvalue weighted by Crippen LogP contribution is 2.34. The van der Waals surface area contributed by atoms with E-state index >= 15 is 0 Å². The first-order valence-corrected chi connectivity index (χ1v) is 6.23. The Morgan fingerprint density at radius 1 is 1.41 bits per heavy atom. The maximum Gasteiger partial charge on any atom is 0.109 e. The molecule has 0 radical (unpaired) electrons. The van der Waals surface area contributed by atoms with Crippen molar-refractivity contribution in [1.82, 2.24) is 15.0 Å². The lowest BCUT2D eigenvalue weighted by atomic mass is 9.83. The zero-order valence-corrected chi connectivity index (χ0v) is 10.2. The van der Waals surface area contributed by atoms with Gasteiger partial charge < -0.3 is 4.98 Å². The average Bonchev–Trinajstić information content (AvgIpc) is 2.39. The predicted octanol–water partition coefficient (Wildman–Crippen LogP) is 3.00. The Labute approximate surface area is 105 Å². The van der Waals surface area contributed by atoms with E-state index in [0.29, 0.717) is 5.92 Å². The molecule has 3 rings (SSSR count). The van der Waals surface area contributed by atoms with Crippen molar-refractivity contribution in [2.75, 3.05) is 0 Å². The molecule has 2 heterocycles. The molecule has 17 heavy (non-hydrogen) atoms. The van der Waals surface area contributed by atoms with Crippen LogP contribution >= 0.6 is 12.2 Å². The van der Waals surface area contributed by atoms with Crippen molar-refractivity contribution in [3.63, 3.8) is 0 Å². The van der Waals surface area contributed by atoms with Gasteiger partial charge in [0.15, 0.2) is 0 Å². The summed E-state index contributed by atoms with van der Waals surface area (Å²) in [5.41, 5.74) is 3.62. The van der Waals surface area contributed by atoms with Crippen LogP contribution in [-0.4, -0.2) is 15.0 Å². The van der Waals surface area contributed by atoms with Gasteiger partial charge in [0.1, 0.15) is 4.64 Å². The van der Waals surface area contributed by atoms with E-state index in [1.165, 1.54) is 17.7 Å². The van der Waals surface area contributed by atoms with Crippen LogP contribution in [-0.2, 0) is 6.42 Å². The number of pyridine rings is 1. The number of H-pyrrole nitrogens is 1. The van der Waals surface area contributed by atoms with Gasteiger partial charge in [-0.05, 0) is 30.9 Å². The summed E-state index contributed by atoms with van der Waals surface area (Å²) in [6.45, 7) is 0. The maximum absolute atomic E-state index is 5.34. The van der Waals surface area contributed by atoms with Crippen LogP contribution in [0.1, 0.15) is 35.6 Å². The van der Waals surface area contributed by atoms with Crippen molar-refractivity contribution in [1.29, 1.82) is 0 Å². The number of rotatable bonds is 1. The fourth-order valence-corrected chi connectivity index (χ4v) is 2.76. The fourth-order valence-electron chi connectivity index (χ4n) is 2.52. The maximum atomic E-state index is 5.34. The number of fused-ring (bicyclic) bond motifs is 1.